The summed E-state index contributed by atoms with van der Waals surface area (Å²) in [4.78, 5) is 35.0. The molecule has 1 atom stereocenters. The molecule has 0 radical (unpaired) electrons. The van der Waals surface area contributed by atoms with Gasteiger partial charge in [-0.05, 0) is 6.92 Å². The summed E-state index contributed by atoms with van der Waals surface area (Å²) in [6, 6.07) is -0.376. The number of morpholine rings is 1. The summed E-state index contributed by atoms with van der Waals surface area (Å²) in [5.74, 6) is -1.21. The van der Waals surface area contributed by atoms with Crippen LogP contribution in [-0.4, -0.2) is 66.8 Å². The number of urea groups is 1. The van der Waals surface area contributed by atoms with Crippen molar-refractivity contribution in [1.82, 2.24) is 15.5 Å². The zero-order valence-electron chi connectivity index (χ0n) is 10.8. The second-order valence-electron chi connectivity index (χ2n) is 4.08. The van der Waals surface area contributed by atoms with Gasteiger partial charge in [0.2, 0.25) is 5.91 Å². The number of ether oxygens (including phenoxy) is 1. The molecule has 1 rings (SSSR count). The van der Waals surface area contributed by atoms with Gasteiger partial charge in [-0.15, -0.1) is 0 Å². The number of carbonyl (C=O) groups is 3. The molecule has 8 heteroatoms. The van der Waals surface area contributed by atoms with Crippen LogP contribution in [0.15, 0.2) is 0 Å². The first-order valence-corrected chi connectivity index (χ1v) is 6.18. The summed E-state index contributed by atoms with van der Waals surface area (Å²) in [5, 5.41) is 14.0. The SMILES string of the molecule is CCNC(=O)CCNC(=O)N1CCOC(C(=O)O)C1. The van der Waals surface area contributed by atoms with Crippen LogP contribution in [0.4, 0.5) is 4.79 Å². The van der Waals surface area contributed by atoms with Crippen molar-refractivity contribution in [3.8, 4) is 0 Å². The number of rotatable bonds is 5. The Hall–Kier alpha value is -1.83. The average molecular weight is 273 g/mol. The maximum absolute atomic E-state index is 11.7. The van der Waals surface area contributed by atoms with Gasteiger partial charge in [0, 0.05) is 26.1 Å². The topological polar surface area (TPSA) is 108 Å². The number of aliphatic carboxylic acids is 1. The fraction of sp³-hybridized carbons (Fsp3) is 0.727. The zero-order chi connectivity index (χ0) is 14.3. The first kappa shape index (κ1) is 15.2. The molecule has 1 aliphatic heterocycles. The fourth-order valence-electron chi connectivity index (χ4n) is 1.66. The molecule has 1 aliphatic rings. The molecule has 0 aromatic heterocycles. The summed E-state index contributed by atoms with van der Waals surface area (Å²) in [6.07, 6.45) is -0.783. The van der Waals surface area contributed by atoms with Crippen LogP contribution in [0.3, 0.4) is 0 Å². The number of carbonyl (C=O) groups excluding carboxylic acids is 2. The monoisotopic (exact) mass is 273 g/mol. The molecule has 1 heterocycles. The molecule has 8 nitrogen and oxygen atoms in total. The Morgan fingerprint density at radius 1 is 1.37 bits per heavy atom. The minimum absolute atomic E-state index is 0.0162. The van der Waals surface area contributed by atoms with Gasteiger partial charge in [0.1, 0.15) is 0 Å². The van der Waals surface area contributed by atoms with Gasteiger partial charge in [0.05, 0.1) is 13.2 Å². The predicted molar refractivity (Wildman–Crippen MR) is 65.6 cm³/mol. The van der Waals surface area contributed by atoms with Crippen LogP contribution in [-0.2, 0) is 14.3 Å². The van der Waals surface area contributed by atoms with Gasteiger partial charge >= 0.3 is 12.0 Å². The molecule has 3 amide bonds. The molecule has 0 saturated carbocycles. The molecule has 0 spiro atoms. The molecule has 1 unspecified atom stereocenters. The van der Waals surface area contributed by atoms with Crippen molar-refractivity contribution in [2.75, 3.05) is 32.8 Å². The Morgan fingerprint density at radius 3 is 2.74 bits per heavy atom. The molecule has 0 bridgehead atoms. The number of carboxylic acids is 1. The Labute approximate surface area is 111 Å². The Balaban J connectivity index is 2.29. The minimum Gasteiger partial charge on any atom is -0.479 e. The van der Waals surface area contributed by atoms with Crippen molar-refractivity contribution in [1.29, 1.82) is 0 Å². The van der Waals surface area contributed by atoms with Crippen LogP contribution < -0.4 is 10.6 Å². The standard InChI is InChI=1S/C11H19N3O5/c1-2-12-9(15)3-4-13-11(18)14-5-6-19-8(7-14)10(16)17/h8H,2-7H2,1H3,(H,12,15)(H,13,18)(H,16,17). The summed E-state index contributed by atoms with van der Waals surface area (Å²) in [5.41, 5.74) is 0. The zero-order valence-corrected chi connectivity index (χ0v) is 10.8. The lowest BCUT2D eigenvalue weighted by Gasteiger charge is -2.30. The van der Waals surface area contributed by atoms with Crippen LogP contribution in [0.25, 0.3) is 0 Å². The second-order valence-corrected chi connectivity index (χ2v) is 4.08. The third kappa shape index (κ3) is 5.12. The summed E-state index contributed by atoms with van der Waals surface area (Å²) < 4.78 is 5.01. The first-order chi connectivity index (χ1) is 9.04. The average Bonchev–Trinajstić information content (AvgIpc) is 2.39. The predicted octanol–water partition coefficient (Wildman–Crippen LogP) is -0.992. The van der Waals surface area contributed by atoms with Crippen molar-refractivity contribution in [2.45, 2.75) is 19.4 Å². The number of carboxylic acid groups (broad SMARTS) is 1. The number of nitrogens with zero attached hydrogens (tertiary/aromatic N) is 1. The van der Waals surface area contributed by atoms with Crippen LogP contribution in [0, 0.1) is 0 Å². The third-order valence-electron chi connectivity index (χ3n) is 2.63. The molecule has 0 aromatic carbocycles. The quantitative estimate of drug-likeness (QED) is 0.596. The van der Waals surface area contributed by atoms with Gasteiger partial charge in [-0.1, -0.05) is 0 Å². The number of nitrogens with one attached hydrogen (secondary N) is 2. The summed E-state index contributed by atoms with van der Waals surface area (Å²) in [6.45, 7) is 3.15. The van der Waals surface area contributed by atoms with Gasteiger partial charge in [0.15, 0.2) is 6.10 Å². The lowest BCUT2D eigenvalue weighted by molar-refractivity contribution is -0.154. The molecule has 0 aromatic rings. The van der Waals surface area contributed by atoms with Gasteiger partial charge in [-0.3, -0.25) is 4.79 Å². The highest BCUT2D eigenvalue weighted by molar-refractivity contribution is 5.79. The van der Waals surface area contributed by atoms with E-state index >= 15 is 0 Å². The van der Waals surface area contributed by atoms with Crippen molar-refractivity contribution >= 4 is 17.9 Å². The van der Waals surface area contributed by atoms with Gasteiger partial charge in [-0.2, -0.15) is 0 Å². The van der Waals surface area contributed by atoms with Crippen molar-refractivity contribution < 1.29 is 24.2 Å². The van der Waals surface area contributed by atoms with Crippen molar-refractivity contribution in [2.24, 2.45) is 0 Å². The summed E-state index contributed by atoms with van der Waals surface area (Å²) >= 11 is 0. The van der Waals surface area contributed by atoms with E-state index in [1.807, 2.05) is 6.92 Å². The molecular formula is C11H19N3O5. The van der Waals surface area contributed by atoms with E-state index in [9.17, 15) is 14.4 Å². The van der Waals surface area contributed by atoms with Crippen molar-refractivity contribution in [3.63, 3.8) is 0 Å². The van der Waals surface area contributed by atoms with E-state index in [0.29, 0.717) is 13.1 Å². The van der Waals surface area contributed by atoms with E-state index in [2.05, 4.69) is 10.6 Å². The molecule has 1 fully saturated rings. The molecule has 108 valence electrons. The number of hydrogen-bond acceptors (Lipinski definition) is 4. The van der Waals surface area contributed by atoms with E-state index in [-0.39, 0.29) is 38.1 Å². The summed E-state index contributed by atoms with van der Waals surface area (Å²) in [7, 11) is 0. The lowest BCUT2D eigenvalue weighted by Crippen LogP contribution is -2.52. The van der Waals surface area contributed by atoms with E-state index in [1.165, 1.54) is 4.90 Å². The Kier molecular flexibility index (Phi) is 6.07. The number of amides is 3. The molecule has 0 aliphatic carbocycles. The highest BCUT2D eigenvalue weighted by Crippen LogP contribution is 2.05. The van der Waals surface area contributed by atoms with Crippen LogP contribution in [0.1, 0.15) is 13.3 Å². The largest absolute Gasteiger partial charge is 0.479 e. The lowest BCUT2D eigenvalue weighted by atomic mass is 10.3. The highest BCUT2D eigenvalue weighted by atomic mass is 16.5. The second kappa shape index (κ2) is 7.57. The van der Waals surface area contributed by atoms with Crippen LogP contribution in [0.2, 0.25) is 0 Å². The molecular weight excluding hydrogens is 254 g/mol. The molecule has 3 N–H and O–H groups in total. The van der Waals surface area contributed by atoms with E-state index in [4.69, 9.17) is 9.84 Å². The normalized spacial score (nSPS) is 18.8. The van der Waals surface area contributed by atoms with E-state index < -0.39 is 12.1 Å². The van der Waals surface area contributed by atoms with Crippen molar-refractivity contribution in [3.05, 3.63) is 0 Å². The fourth-order valence-corrected chi connectivity index (χ4v) is 1.66. The maximum Gasteiger partial charge on any atom is 0.334 e. The third-order valence-corrected chi connectivity index (χ3v) is 2.63. The highest BCUT2D eigenvalue weighted by Gasteiger charge is 2.28. The van der Waals surface area contributed by atoms with Gasteiger partial charge < -0.3 is 25.4 Å². The Morgan fingerprint density at radius 2 is 2.11 bits per heavy atom. The number of hydrogen-bond donors (Lipinski definition) is 3. The first-order valence-electron chi connectivity index (χ1n) is 6.18. The maximum atomic E-state index is 11.7. The van der Waals surface area contributed by atoms with E-state index in [0.717, 1.165) is 0 Å². The van der Waals surface area contributed by atoms with Crippen LogP contribution in [0.5, 0.6) is 0 Å². The molecule has 19 heavy (non-hydrogen) atoms. The minimum atomic E-state index is -1.08. The smallest absolute Gasteiger partial charge is 0.334 e. The molecule has 1 saturated heterocycles. The Bertz CT molecular complexity index is 347. The van der Waals surface area contributed by atoms with Gasteiger partial charge in [-0.25, -0.2) is 9.59 Å². The van der Waals surface area contributed by atoms with Crippen LogP contribution >= 0.6 is 0 Å². The van der Waals surface area contributed by atoms with Gasteiger partial charge in [0.25, 0.3) is 0 Å². The van der Waals surface area contributed by atoms with E-state index in [1.54, 1.807) is 0 Å².